The topological polar surface area (TPSA) is 17.1 Å². The van der Waals surface area contributed by atoms with E-state index in [1.54, 1.807) is 15.9 Å². The monoisotopic (exact) mass is 137 g/mol. The van der Waals surface area contributed by atoms with E-state index < -0.39 is 0 Å². The average Bonchev–Trinajstić information content (AvgIpc) is 1.00. The van der Waals surface area contributed by atoms with Crippen LogP contribution in [0.15, 0.2) is 0 Å². The van der Waals surface area contributed by atoms with Gasteiger partial charge in [-0.15, -0.1) is 0 Å². The number of hydrogen-bond donors (Lipinski definition) is 0. The Bertz CT molecular complexity index is 8.00. The van der Waals surface area contributed by atoms with Gasteiger partial charge in [-0.2, -0.15) is 0 Å². The second-order valence-electron chi connectivity index (χ2n) is 0. The zero-order chi connectivity index (χ0) is 2.00. The molecule has 0 rings (SSSR count). The van der Waals surface area contributed by atoms with Crippen molar-refractivity contribution in [2.24, 2.45) is 0 Å². The van der Waals surface area contributed by atoms with Gasteiger partial charge in [-0.1, -0.05) is 0 Å². The van der Waals surface area contributed by atoms with E-state index in [1.165, 1.54) is 0 Å². The predicted molar refractivity (Wildman–Crippen MR) is 7.84 cm³/mol. The number of rotatable bonds is 0. The van der Waals surface area contributed by atoms with Crippen LogP contribution < -0.4 is 0 Å². The van der Waals surface area contributed by atoms with Crippen LogP contribution in [0.4, 0.5) is 0 Å². The molecule has 0 amide bonds. The average molecular weight is 138 g/mol. The second kappa shape index (κ2) is 25.8. The molecule has 4 heavy (non-hydrogen) atoms. The van der Waals surface area contributed by atoms with E-state index in [4.69, 9.17) is 3.83 Å². The van der Waals surface area contributed by atoms with Gasteiger partial charge < -0.3 is 0 Å². The molecule has 0 aliphatic carbocycles. The van der Waals surface area contributed by atoms with Gasteiger partial charge in [0.15, 0.2) is 0 Å². The summed E-state index contributed by atoms with van der Waals surface area (Å²) in [4.78, 5) is 0. The SMILES string of the molecule is [LiH].[Ni].[O]=[Mn]. The van der Waals surface area contributed by atoms with Crippen molar-refractivity contribution in [3.8, 4) is 0 Å². The molecule has 0 heterocycles. The van der Waals surface area contributed by atoms with Crippen LogP contribution in [0.5, 0.6) is 0 Å². The van der Waals surface area contributed by atoms with E-state index >= 15 is 0 Å². The van der Waals surface area contributed by atoms with E-state index in [2.05, 4.69) is 0 Å². The maximum atomic E-state index is 8.06. The van der Waals surface area contributed by atoms with Crippen molar-refractivity contribution in [2.45, 2.75) is 0 Å². The summed E-state index contributed by atoms with van der Waals surface area (Å²) in [6, 6.07) is 0. The molecule has 0 aromatic rings. The fraction of sp³-hybridized carbons (Fsp3) is 0. The summed E-state index contributed by atoms with van der Waals surface area (Å²) in [7, 11) is 0. The maximum absolute atomic E-state index is 8.06. The summed E-state index contributed by atoms with van der Waals surface area (Å²) in [6.45, 7) is 0. The Kier molecular flexibility index (Phi) is 117. The minimum absolute atomic E-state index is 0. The molecule has 0 aliphatic rings. The standard InChI is InChI=1S/Li.Mn.Ni.O.H. The van der Waals surface area contributed by atoms with Gasteiger partial charge in [0.25, 0.3) is 0 Å². The molecule has 1 nitrogen and oxygen atoms in total. The molecule has 0 saturated carbocycles. The van der Waals surface area contributed by atoms with Crippen molar-refractivity contribution in [3.05, 3.63) is 0 Å². The molecule has 0 saturated heterocycles. The van der Waals surface area contributed by atoms with E-state index in [1.807, 2.05) is 0 Å². The van der Waals surface area contributed by atoms with Gasteiger partial charge in [0.05, 0.1) is 0 Å². The van der Waals surface area contributed by atoms with Gasteiger partial charge in [0.2, 0.25) is 0 Å². The number of hydrogen-bond acceptors (Lipinski definition) is 1. The molecule has 0 atom stereocenters. The predicted octanol–water partition coefficient (Wildman–Crippen LogP) is -0.772. The van der Waals surface area contributed by atoms with Gasteiger partial charge in [-0.05, 0) is 0 Å². The first-order chi connectivity index (χ1) is 1.00. The molecule has 0 aromatic heterocycles. The minimum atomic E-state index is 0. The third-order valence-electron chi connectivity index (χ3n) is 0. The fourth-order valence-electron chi connectivity index (χ4n) is 0. The molecule has 25 valence electrons. The Morgan fingerprint density at radius 3 is 1.25 bits per heavy atom. The van der Waals surface area contributed by atoms with Crippen LogP contribution in [-0.2, 0) is 36.3 Å². The Hall–Kier alpha value is 1.41. The van der Waals surface area contributed by atoms with Crippen LogP contribution >= 0.6 is 0 Å². The van der Waals surface area contributed by atoms with E-state index in [0.29, 0.717) is 0 Å². The zero-order valence-corrected chi connectivity index (χ0v) is 3.27. The Morgan fingerprint density at radius 2 is 1.25 bits per heavy atom. The van der Waals surface area contributed by atoms with Crippen molar-refractivity contribution in [1.29, 1.82) is 0 Å². The van der Waals surface area contributed by atoms with Crippen LogP contribution in [0.25, 0.3) is 0 Å². The van der Waals surface area contributed by atoms with Crippen molar-refractivity contribution in [2.75, 3.05) is 0 Å². The first kappa shape index (κ1) is 18.1. The van der Waals surface area contributed by atoms with Crippen molar-refractivity contribution >= 4 is 18.9 Å². The summed E-state index contributed by atoms with van der Waals surface area (Å²) < 4.78 is 8.06. The van der Waals surface area contributed by atoms with E-state index in [9.17, 15) is 0 Å². The van der Waals surface area contributed by atoms with E-state index in [-0.39, 0.29) is 35.4 Å². The summed E-state index contributed by atoms with van der Waals surface area (Å²) in [6.07, 6.45) is 0. The van der Waals surface area contributed by atoms with Gasteiger partial charge in [-0.25, -0.2) is 0 Å². The van der Waals surface area contributed by atoms with Crippen LogP contribution in [0.3, 0.4) is 0 Å². The van der Waals surface area contributed by atoms with Crippen LogP contribution in [0, 0.1) is 0 Å². The molecule has 0 N–H and O–H groups in total. The van der Waals surface area contributed by atoms with Crippen molar-refractivity contribution < 1.29 is 36.3 Å². The fourth-order valence-corrected chi connectivity index (χ4v) is 0. The Balaban J connectivity index is -0.00000000500. The van der Waals surface area contributed by atoms with Crippen LogP contribution in [-0.4, -0.2) is 18.9 Å². The van der Waals surface area contributed by atoms with Gasteiger partial charge >= 0.3 is 38.6 Å². The third-order valence-corrected chi connectivity index (χ3v) is 0. The molecule has 0 aromatic carbocycles. The molecular weight excluding hydrogens is 137 g/mol. The molecule has 0 unspecified atom stereocenters. The molecule has 0 fully saturated rings. The van der Waals surface area contributed by atoms with Gasteiger partial charge in [0, 0.05) is 16.5 Å². The Labute approximate surface area is 55.0 Å². The van der Waals surface area contributed by atoms with Gasteiger partial charge in [0.1, 0.15) is 0 Å². The van der Waals surface area contributed by atoms with Crippen molar-refractivity contribution in [1.82, 2.24) is 0 Å². The first-order valence-corrected chi connectivity index (χ1v) is 0.636. The third kappa shape index (κ3) is 9.96. The molecular formula is HLiMnNiO. The first-order valence-electron chi connectivity index (χ1n) is 0.154. The summed E-state index contributed by atoms with van der Waals surface area (Å²) in [5, 5.41) is 0. The summed E-state index contributed by atoms with van der Waals surface area (Å²) >= 11 is 1.69. The summed E-state index contributed by atoms with van der Waals surface area (Å²) in [5.41, 5.74) is 0. The zero-order valence-electron chi connectivity index (χ0n) is 1.10. The quantitative estimate of drug-likeness (QED) is 0.401. The van der Waals surface area contributed by atoms with Crippen LogP contribution in [0.1, 0.15) is 0 Å². The van der Waals surface area contributed by atoms with E-state index in [0.717, 1.165) is 0 Å². The molecule has 0 radical (unpaired) electrons. The normalized spacial score (nSPS) is 1.00. The summed E-state index contributed by atoms with van der Waals surface area (Å²) in [5.74, 6) is 0. The second-order valence-corrected chi connectivity index (χ2v) is 0. The molecule has 0 spiro atoms. The molecule has 0 bridgehead atoms. The Morgan fingerprint density at radius 1 is 1.25 bits per heavy atom. The molecule has 0 aliphatic heterocycles. The van der Waals surface area contributed by atoms with Crippen molar-refractivity contribution in [3.63, 3.8) is 0 Å². The van der Waals surface area contributed by atoms with Gasteiger partial charge in [-0.3, -0.25) is 0 Å². The molecule has 4 heteroatoms. The van der Waals surface area contributed by atoms with Crippen LogP contribution in [0.2, 0.25) is 0 Å².